The number of hydrogen-bond donors (Lipinski definition) is 1. The SMILES string of the molecule is O=C(C(c1cccc2ccccc12)N1CCCC1)N1CCNCC1. The standard InChI is InChI=1S/C20H25N3O/c24-20(23-14-10-21-11-15-23)19(22-12-3-4-13-22)18-9-5-7-16-6-1-2-8-17(16)18/h1-2,5-9,19,21H,3-4,10-15H2. The smallest absolute Gasteiger partial charge is 0.244 e. The van der Waals surface area contributed by atoms with Gasteiger partial charge in [-0.25, -0.2) is 0 Å². The first-order valence-electron chi connectivity index (χ1n) is 9.06. The molecule has 4 heteroatoms. The third kappa shape index (κ3) is 2.92. The Morgan fingerprint density at radius 2 is 1.62 bits per heavy atom. The number of carbonyl (C=O) groups is 1. The van der Waals surface area contributed by atoms with E-state index in [1.807, 2.05) is 4.90 Å². The summed E-state index contributed by atoms with van der Waals surface area (Å²) in [5, 5.41) is 5.76. The molecule has 1 atom stereocenters. The highest BCUT2D eigenvalue weighted by atomic mass is 16.2. The summed E-state index contributed by atoms with van der Waals surface area (Å²) in [6.45, 7) is 5.46. The molecule has 2 aromatic carbocycles. The molecule has 0 aliphatic carbocycles. The topological polar surface area (TPSA) is 35.6 Å². The van der Waals surface area contributed by atoms with Crippen molar-refractivity contribution in [3.8, 4) is 0 Å². The highest BCUT2D eigenvalue weighted by molar-refractivity contribution is 5.92. The minimum Gasteiger partial charge on any atom is -0.338 e. The molecule has 24 heavy (non-hydrogen) atoms. The summed E-state index contributed by atoms with van der Waals surface area (Å²) >= 11 is 0. The first kappa shape index (κ1) is 15.6. The number of piperazine rings is 1. The number of nitrogens with one attached hydrogen (secondary N) is 1. The molecule has 2 heterocycles. The van der Waals surface area contributed by atoms with Gasteiger partial charge in [-0.05, 0) is 42.3 Å². The van der Waals surface area contributed by atoms with Crippen LogP contribution in [0.4, 0.5) is 0 Å². The van der Waals surface area contributed by atoms with Gasteiger partial charge in [0, 0.05) is 26.2 Å². The Bertz CT molecular complexity index is 712. The number of benzene rings is 2. The third-order valence-corrected chi connectivity index (χ3v) is 5.29. The number of fused-ring (bicyclic) bond motifs is 1. The zero-order valence-electron chi connectivity index (χ0n) is 14.1. The molecule has 2 fully saturated rings. The average Bonchev–Trinajstić information content (AvgIpc) is 3.17. The van der Waals surface area contributed by atoms with Gasteiger partial charge in [0.25, 0.3) is 0 Å². The Morgan fingerprint density at radius 3 is 2.42 bits per heavy atom. The van der Waals surface area contributed by atoms with Gasteiger partial charge in [0.1, 0.15) is 6.04 Å². The van der Waals surface area contributed by atoms with Crippen LogP contribution in [0.2, 0.25) is 0 Å². The zero-order chi connectivity index (χ0) is 16.4. The van der Waals surface area contributed by atoms with E-state index in [1.54, 1.807) is 0 Å². The second-order valence-corrected chi connectivity index (χ2v) is 6.79. The van der Waals surface area contributed by atoms with Crippen LogP contribution in [-0.4, -0.2) is 55.0 Å². The Labute approximate surface area is 143 Å². The second-order valence-electron chi connectivity index (χ2n) is 6.79. The predicted octanol–water partition coefficient (Wildman–Crippen LogP) is 2.41. The lowest BCUT2D eigenvalue weighted by Gasteiger charge is -2.35. The van der Waals surface area contributed by atoms with Crippen LogP contribution in [0.15, 0.2) is 42.5 Å². The number of hydrogen-bond acceptors (Lipinski definition) is 3. The summed E-state index contributed by atoms with van der Waals surface area (Å²) in [5.74, 6) is 0.273. The first-order chi connectivity index (χ1) is 11.8. The predicted molar refractivity (Wildman–Crippen MR) is 96.9 cm³/mol. The van der Waals surface area contributed by atoms with Crippen molar-refractivity contribution in [1.29, 1.82) is 0 Å². The monoisotopic (exact) mass is 323 g/mol. The van der Waals surface area contributed by atoms with Crippen LogP contribution in [0.1, 0.15) is 24.4 Å². The van der Waals surface area contributed by atoms with Gasteiger partial charge in [-0.15, -0.1) is 0 Å². The molecule has 1 amide bonds. The zero-order valence-corrected chi connectivity index (χ0v) is 14.1. The molecule has 0 radical (unpaired) electrons. The van der Waals surface area contributed by atoms with Crippen LogP contribution in [0.3, 0.4) is 0 Å². The molecule has 2 aliphatic rings. The quantitative estimate of drug-likeness (QED) is 0.942. The van der Waals surface area contributed by atoms with E-state index in [0.717, 1.165) is 39.3 Å². The first-order valence-corrected chi connectivity index (χ1v) is 9.06. The van der Waals surface area contributed by atoms with E-state index in [2.05, 4.69) is 52.7 Å². The molecule has 0 aromatic heterocycles. The lowest BCUT2D eigenvalue weighted by molar-refractivity contribution is -0.137. The summed E-state index contributed by atoms with van der Waals surface area (Å²) in [6, 6.07) is 14.6. The van der Waals surface area contributed by atoms with E-state index < -0.39 is 0 Å². The maximum Gasteiger partial charge on any atom is 0.244 e. The van der Waals surface area contributed by atoms with Gasteiger partial charge < -0.3 is 10.2 Å². The summed E-state index contributed by atoms with van der Waals surface area (Å²) in [5.41, 5.74) is 1.17. The van der Waals surface area contributed by atoms with Crippen molar-refractivity contribution in [3.05, 3.63) is 48.0 Å². The molecule has 1 N–H and O–H groups in total. The van der Waals surface area contributed by atoms with Gasteiger partial charge in [0.15, 0.2) is 0 Å². The van der Waals surface area contributed by atoms with E-state index in [0.29, 0.717) is 0 Å². The van der Waals surface area contributed by atoms with E-state index in [1.165, 1.54) is 29.2 Å². The Morgan fingerprint density at radius 1 is 0.917 bits per heavy atom. The van der Waals surface area contributed by atoms with Gasteiger partial charge in [-0.2, -0.15) is 0 Å². The second kappa shape index (κ2) is 6.91. The number of rotatable bonds is 3. The van der Waals surface area contributed by atoms with Crippen LogP contribution < -0.4 is 5.32 Å². The molecular formula is C20H25N3O. The van der Waals surface area contributed by atoms with Gasteiger partial charge in [0.2, 0.25) is 5.91 Å². The normalized spacial score (nSPS) is 20.4. The number of nitrogens with zero attached hydrogens (tertiary/aromatic N) is 2. The minimum atomic E-state index is -0.142. The summed E-state index contributed by atoms with van der Waals surface area (Å²) in [6.07, 6.45) is 2.38. The Hall–Kier alpha value is -1.91. The molecule has 2 saturated heterocycles. The van der Waals surface area contributed by atoms with Crippen LogP contribution in [0, 0.1) is 0 Å². The average molecular weight is 323 g/mol. The largest absolute Gasteiger partial charge is 0.338 e. The van der Waals surface area contributed by atoms with Gasteiger partial charge in [-0.1, -0.05) is 42.5 Å². The summed E-state index contributed by atoms with van der Waals surface area (Å²) in [4.78, 5) is 17.8. The fraction of sp³-hybridized carbons (Fsp3) is 0.450. The molecule has 4 rings (SSSR count). The van der Waals surface area contributed by atoms with Crippen molar-refractivity contribution >= 4 is 16.7 Å². The van der Waals surface area contributed by atoms with Crippen molar-refractivity contribution in [1.82, 2.24) is 15.1 Å². The van der Waals surface area contributed by atoms with Gasteiger partial charge >= 0.3 is 0 Å². The van der Waals surface area contributed by atoms with E-state index >= 15 is 0 Å². The molecule has 0 bridgehead atoms. The lowest BCUT2D eigenvalue weighted by Crippen LogP contribution is -2.50. The van der Waals surface area contributed by atoms with Crippen LogP contribution in [0.5, 0.6) is 0 Å². The van der Waals surface area contributed by atoms with Crippen LogP contribution >= 0.6 is 0 Å². The maximum atomic E-state index is 13.4. The lowest BCUT2D eigenvalue weighted by atomic mass is 9.96. The van der Waals surface area contributed by atoms with Crippen molar-refractivity contribution in [3.63, 3.8) is 0 Å². The van der Waals surface area contributed by atoms with Crippen molar-refractivity contribution in [2.75, 3.05) is 39.3 Å². The third-order valence-electron chi connectivity index (χ3n) is 5.29. The minimum absolute atomic E-state index is 0.142. The number of likely N-dealkylation sites (tertiary alicyclic amines) is 1. The number of amides is 1. The molecule has 0 saturated carbocycles. The molecule has 4 nitrogen and oxygen atoms in total. The Balaban J connectivity index is 1.75. The summed E-state index contributed by atoms with van der Waals surface area (Å²) in [7, 11) is 0. The molecule has 2 aromatic rings. The van der Waals surface area contributed by atoms with Crippen LogP contribution in [-0.2, 0) is 4.79 Å². The molecule has 0 spiro atoms. The van der Waals surface area contributed by atoms with Crippen molar-refractivity contribution < 1.29 is 4.79 Å². The van der Waals surface area contributed by atoms with E-state index in [4.69, 9.17) is 0 Å². The highest BCUT2D eigenvalue weighted by Crippen LogP contribution is 2.32. The van der Waals surface area contributed by atoms with Crippen molar-refractivity contribution in [2.45, 2.75) is 18.9 Å². The number of carbonyl (C=O) groups excluding carboxylic acids is 1. The molecule has 126 valence electrons. The molecule has 2 aliphatic heterocycles. The molecule has 1 unspecified atom stereocenters. The van der Waals surface area contributed by atoms with E-state index in [-0.39, 0.29) is 11.9 Å². The summed E-state index contributed by atoms with van der Waals surface area (Å²) < 4.78 is 0. The highest BCUT2D eigenvalue weighted by Gasteiger charge is 2.34. The van der Waals surface area contributed by atoms with Gasteiger partial charge in [-0.3, -0.25) is 9.69 Å². The van der Waals surface area contributed by atoms with Crippen molar-refractivity contribution in [2.24, 2.45) is 0 Å². The fourth-order valence-electron chi connectivity index (χ4n) is 4.03. The Kier molecular flexibility index (Phi) is 4.50. The maximum absolute atomic E-state index is 13.4. The van der Waals surface area contributed by atoms with Gasteiger partial charge in [0.05, 0.1) is 0 Å². The molecular weight excluding hydrogens is 298 g/mol. The van der Waals surface area contributed by atoms with E-state index in [9.17, 15) is 4.79 Å². The fourth-order valence-corrected chi connectivity index (χ4v) is 4.03. The van der Waals surface area contributed by atoms with Crippen LogP contribution in [0.25, 0.3) is 10.8 Å².